The van der Waals surface area contributed by atoms with Crippen LogP contribution in [0.5, 0.6) is 0 Å². The molecule has 5 atom stereocenters. The molecule has 0 saturated carbocycles. The number of imidazole rings is 1. The topological polar surface area (TPSA) is 178 Å². The molecule has 0 amide bonds. The fourth-order valence-electron chi connectivity index (χ4n) is 2.56. The Bertz CT molecular complexity index is 823. The maximum Gasteiger partial charge on any atom is 0.403 e. The second kappa shape index (κ2) is 7.74. The Morgan fingerprint density at radius 3 is 2.88 bits per heavy atom. The molecule has 1 unspecified atom stereocenters. The molecule has 3 rings (SSSR count). The summed E-state index contributed by atoms with van der Waals surface area (Å²) < 4.78 is 23.7. The van der Waals surface area contributed by atoms with Crippen LogP contribution in [0.1, 0.15) is 6.23 Å². The van der Waals surface area contributed by atoms with Crippen molar-refractivity contribution in [2.75, 3.05) is 24.6 Å². The van der Waals surface area contributed by atoms with Crippen LogP contribution in [0.15, 0.2) is 12.7 Å². The number of nitrogens with two attached hydrogens (primary N) is 1. The summed E-state index contributed by atoms with van der Waals surface area (Å²) >= 11 is 3.92. The van der Waals surface area contributed by atoms with E-state index in [4.69, 9.17) is 15.0 Å². The first-order valence-corrected chi connectivity index (χ1v) is 9.83. The molecule has 0 bridgehead atoms. The third-order valence-corrected chi connectivity index (χ3v) is 5.18. The summed E-state index contributed by atoms with van der Waals surface area (Å²) in [5.41, 5.74) is 6.37. The second-order valence-corrected chi connectivity index (χ2v) is 7.64. The molecule has 2 aromatic heterocycles. The van der Waals surface area contributed by atoms with Crippen LogP contribution in [0.25, 0.3) is 11.2 Å². The van der Waals surface area contributed by atoms with E-state index < -0.39 is 38.9 Å². The number of fused-ring (bicyclic) bond motifs is 1. The highest BCUT2D eigenvalue weighted by Gasteiger charge is 2.45. The highest BCUT2D eigenvalue weighted by molar-refractivity contribution is 7.80. The number of hydrogen-bond donors (Lipinski definition) is 6. The van der Waals surface area contributed by atoms with Crippen LogP contribution in [-0.2, 0) is 13.8 Å². The largest absolute Gasteiger partial charge is 0.403 e. The molecular formula is C12H19N6O6PS. The van der Waals surface area contributed by atoms with Crippen molar-refractivity contribution in [1.29, 1.82) is 0 Å². The Morgan fingerprint density at radius 2 is 2.15 bits per heavy atom. The first-order chi connectivity index (χ1) is 12.3. The van der Waals surface area contributed by atoms with Crippen molar-refractivity contribution in [2.45, 2.75) is 24.5 Å². The number of nitrogens with one attached hydrogen (secondary N) is 1. The third-order valence-electron chi connectivity index (χ3n) is 3.84. The minimum Gasteiger partial charge on any atom is -0.387 e. The van der Waals surface area contributed by atoms with E-state index in [1.165, 1.54) is 17.2 Å². The van der Waals surface area contributed by atoms with Crippen LogP contribution in [0, 0.1) is 0 Å². The van der Waals surface area contributed by atoms with Crippen LogP contribution >= 0.6 is 20.4 Å². The number of rotatable bonds is 7. The lowest BCUT2D eigenvalue weighted by molar-refractivity contribution is -0.0487. The first-order valence-electron chi connectivity index (χ1n) is 7.62. The summed E-state index contributed by atoms with van der Waals surface area (Å²) in [6.45, 7) is -0.246. The summed E-state index contributed by atoms with van der Waals surface area (Å²) in [7, 11) is -4.06. The van der Waals surface area contributed by atoms with Crippen LogP contribution in [0.3, 0.4) is 0 Å². The Kier molecular flexibility index (Phi) is 5.79. The average Bonchev–Trinajstić information content (AvgIpc) is 3.15. The number of aliphatic hydroxyl groups excluding tert-OH is 2. The minimum atomic E-state index is -4.06. The highest BCUT2D eigenvalue weighted by Crippen LogP contribution is 2.39. The molecule has 144 valence electrons. The van der Waals surface area contributed by atoms with Crippen molar-refractivity contribution in [2.24, 2.45) is 0 Å². The molecule has 0 aliphatic carbocycles. The van der Waals surface area contributed by atoms with Crippen molar-refractivity contribution < 1.29 is 28.9 Å². The van der Waals surface area contributed by atoms with Gasteiger partial charge in [-0.3, -0.25) is 9.09 Å². The zero-order valence-electron chi connectivity index (χ0n) is 13.4. The number of hydrogen-bond acceptors (Lipinski definition) is 10. The molecule has 2 aromatic rings. The summed E-state index contributed by atoms with van der Waals surface area (Å²) in [5, 5.41) is 22.8. The standard InChI is InChI=1S/C12H19N6O6PS/c13-10-7-11(15-4-14-10)18(5-16-7)12-9(20)8(19)6(24-12)3-23-25(21,22)17-1-2-26/h4-6,8-9,12,19-20,26H,1-3H2,(H2,13,14,15)(H2,17,21,22)/t6-,8-,9-,12-/m1/s1. The summed E-state index contributed by atoms with van der Waals surface area (Å²) in [5.74, 6) is 0.508. The molecule has 1 aliphatic heterocycles. The van der Waals surface area contributed by atoms with Gasteiger partial charge < -0.3 is 25.6 Å². The molecule has 26 heavy (non-hydrogen) atoms. The summed E-state index contributed by atoms with van der Waals surface area (Å²) in [6, 6.07) is 0. The number of ether oxygens (including phenoxy) is 1. The van der Waals surface area contributed by atoms with Gasteiger partial charge >= 0.3 is 7.75 Å². The molecule has 1 aliphatic rings. The van der Waals surface area contributed by atoms with Crippen molar-refractivity contribution in [3.05, 3.63) is 12.7 Å². The van der Waals surface area contributed by atoms with Gasteiger partial charge in [-0.2, -0.15) is 12.6 Å². The Hall–Kier alpha value is -1.31. The molecule has 14 heteroatoms. The fraction of sp³-hybridized carbons (Fsp3) is 0.583. The molecule has 6 N–H and O–H groups in total. The fourth-order valence-corrected chi connectivity index (χ4v) is 3.69. The predicted molar refractivity (Wildman–Crippen MR) is 93.3 cm³/mol. The Labute approximate surface area is 153 Å². The van der Waals surface area contributed by atoms with Gasteiger partial charge in [0.25, 0.3) is 0 Å². The third kappa shape index (κ3) is 3.85. The second-order valence-electron chi connectivity index (χ2n) is 5.58. The van der Waals surface area contributed by atoms with Gasteiger partial charge in [0.15, 0.2) is 17.7 Å². The molecule has 3 heterocycles. The van der Waals surface area contributed by atoms with E-state index in [9.17, 15) is 19.7 Å². The van der Waals surface area contributed by atoms with E-state index in [1.807, 2.05) is 0 Å². The first kappa shape index (κ1) is 19.5. The smallest absolute Gasteiger partial charge is 0.387 e. The van der Waals surface area contributed by atoms with Crippen molar-refractivity contribution in [3.63, 3.8) is 0 Å². The number of thiol groups is 1. The molecule has 0 radical (unpaired) electrons. The SMILES string of the molecule is Nc1ncnc2c1ncn2[C@@H]1O[C@H](COP(=O)(O)NCCS)[C@@H](O)[C@H]1O. The average molecular weight is 406 g/mol. The molecule has 12 nitrogen and oxygen atoms in total. The van der Waals surface area contributed by atoms with E-state index in [0.717, 1.165) is 0 Å². The highest BCUT2D eigenvalue weighted by atomic mass is 32.1. The maximum atomic E-state index is 11.8. The van der Waals surface area contributed by atoms with E-state index in [2.05, 4.69) is 32.7 Å². The number of aromatic nitrogens is 4. The monoisotopic (exact) mass is 406 g/mol. The molecular weight excluding hydrogens is 387 g/mol. The van der Waals surface area contributed by atoms with Gasteiger partial charge in [-0.05, 0) is 0 Å². The Morgan fingerprint density at radius 1 is 1.38 bits per heavy atom. The Balaban J connectivity index is 1.73. The normalized spacial score (nSPS) is 28.5. The lowest BCUT2D eigenvalue weighted by Gasteiger charge is -2.18. The quantitative estimate of drug-likeness (QED) is 0.237. The van der Waals surface area contributed by atoms with Gasteiger partial charge in [0.05, 0.1) is 12.9 Å². The molecule has 0 aromatic carbocycles. The van der Waals surface area contributed by atoms with Crippen LogP contribution in [0.2, 0.25) is 0 Å². The number of aliphatic hydroxyl groups is 2. The van der Waals surface area contributed by atoms with Crippen molar-refractivity contribution in [3.8, 4) is 0 Å². The minimum absolute atomic E-state index is 0.165. The van der Waals surface area contributed by atoms with E-state index >= 15 is 0 Å². The van der Waals surface area contributed by atoms with Gasteiger partial charge in [0.2, 0.25) is 0 Å². The summed E-state index contributed by atoms with van der Waals surface area (Å²) in [6.07, 6.45) is -2.15. The van der Waals surface area contributed by atoms with Gasteiger partial charge in [-0.15, -0.1) is 0 Å². The molecule has 1 saturated heterocycles. The van der Waals surface area contributed by atoms with E-state index in [1.54, 1.807) is 0 Å². The zero-order chi connectivity index (χ0) is 18.9. The van der Waals surface area contributed by atoms with Gasteiger partial charge in [0.1, 0.15) is 30.2 Å². The van der Waals surface area contributed by atoms with Crippen LogP contribution in [0.4, 0.5) is 5.82 Å². The van der Waals surface area contributed by atoms with Crippen LogP contribution in [-0.4, -0.2) is 71.8 Å². The zero-order valence-corrected chi connectivity index (χ0v) is 15.2. The number of nitrogens with zero attached hydrogens (tertiary/aromatic N) is 4. The molecule has 0 spiro atoms. The van der Waals surface area contributed by atoms with E-state index in [0.29, 0.717) is 16.9 Å². The molecule has 1 fully saturated rings. The van der Waals surface area contributed by atoms with Gasteiger partial charge in [-0.1, -0.05) is 0 Å². The van der Waals surface area contributed by atoms with Gasteiger partial charge in [0, 0.05) is 12.3 Å². The van der Waals surface area contributed by atoms with Crippen molar-refractivity contribution in [1.82, 2.24) is 24.6 Å². The summed E-state index contributed by atoms with van der Waals surface area (Å²) in [4.78, 5) is 21.6. The van der Waals surface area contributed by atoms with Gasteiger partial charge in [-0.25, -0.2) is 24.6 Å². The number of nitrogen functional groups attached to an aromatic ring is 1. The van der Waals surface area contributed by atoms with Crippen LogP contribution < -0.4 is 10.8 Å². The maximum absolute atomic E-state index is 11.8. The van der Waals surface area contributed by atoms with Crippen molar-refractivity contribution >= 4 is 37.4 Å². The predicted octanol–water partition coefficient (Wildman–Crippen LogP) is -1.34. The lowest BCUT2D eigenvalue weighted by atomic mass is 10.1. The number of anilines is 1. The lowest BCUT2D eigenvalue weighted by Crippen LogP contribution is -2.34. The van der Waals surface area contributed by atoms with E-state index in [-0.39, 0.29) is 12.4 Å².